The summed E-state index contributed by atoms with van der Waals surface area (Å²) >= 11 is 0. The van der Waals surface area contributed by atoms with E-state index in [0.717, 1.165) is 66.6 Å². The van der Waals surface area contributed by atoms with Crippen LogP contribution in [0, 0.1) is 0 Å². The summed E-state index contributed by atoms with van der Waals surface area (Å²) in [5.41, 5.74) is 2.63. The van der Waals surface area contributed by atoms with Crippen molar-refractivity contribution in [3.63, 3.8) is 0 Å². The maximum absolute atomic E-state index is 12.5. The number of carbonyl (C=O) groups excluding carboxylic acids is 1. The summed E-state index contributed by atoms with van der Waals surface area (Å²) < 4.78 is 6.63. The Morgan fingerprint density at radius 3 is 2.14 bits per heavy atom. The van der Waals surface area contributed by atoms with Crippen LogP contribution in [0.25, 0.3) is 5.57 Å². The molecule has 28 heavy (non-hydrogen) atoms. The number of quaternary nitrogens is 1. The van der Waals surface area contributed by atoms with Crippen molar-refractivity contribution in [3.8, 4) is 0 Å². The molecule has 0 aliphatic carbocycles. The largest absolute Gasteiger partial charge is 0.444 e. The fourth-order valence-corrected chi connectivity index (χ4v) is 3.96. The third kappa shape index (κ3) is 7.31. The van der Waals surface area contributed by atoms with Gasteiger partial charge in [0.2, 0.25) is 0 Å². The molecule has 0 aliphatic heterocycles. The number of rotatable bonds is 12. The summed E-state index contributed by atoms with van der Waals surface area (Å²) in [6.07, 6.45) is 3.10. The first kappa shape index (κ1) is 24.2. The van der Waals surface area contributed by atoms with Crippen molar-refractivity contribution in [1.29, 1.82) is 0 Å². The number of nitrogens with one attached hydrogen (secondary N) is 1. The fourth-order valence-electron chi connectivity index (χ4n) is 3.96. The molecule has 0 radical (unpaired) electrons. The number of amides is 1. The number of benzene rings is 1. The highest BCUT2D eigenvalue weighted by Gasteiger charge is 2.27. The van der Waals surface area contributed by atoms with Gasteiger partial charge < -0.3 is 14.5 Å². The van der Waals surface area contributed by atoms with Crippen molar-refractivity contribution in [2.75, 3.05) is 32.8 Å². The number of hydrogen-bond acceptors (Lipinski definition) is 2. The van der Waals surface area contributed by atoms with E-state index in [1.807, 2.05) is 39.0 Å². The molecule has 0 bridgehead atoms. The van der Waals surface area contributed by atoms with Gasteiger partial charge in [-0.25, -0.2) is 4.79 Å². The minimum absolute atomic E-state index is 0.353. The predicted molar refractivity (Wildman–Crippen MR) is 119 cm³/mol. The van der Waals surface area contributed by atoms with Gasteiger partial charge in [0, 0.05) is 0 Å². The average Bonchev–Trinajstić information content (AvgIpc) is 2.62. The van der Waals surface area contributed by atoms with Crippen LogP contribution >= 0.6 is 0 Å². The maximum Gasteiger partial charge on any atom is 0.408 e. The van der Waals surface area contributed by atoms with Crippen LogP contribution < -0.4 is 5.32 Å². The van der Waals surface area contributed by atoms with E-state index in [-0.39, 0.29) is 6.09 Å². The summed E-state index contributed by atoms with van der Waals surface area (Å²) in [6.45, 7) is 21.4. The highest BCUT2D eigenvalue weighted by Crippen LogP contribution is 2.23. The van der Waals surface area contributed by atoms with Gasteiger partial charge in [0.1, 0.15) is 13.2 Å². The molecule has 0 fully saturated rings. The Bertz CT molecular complexity index is 620. The minimum atomic E-state index is -0.509. The van der Waals surface area contributed by atoms with E-state index < -0.39 is 5.54 Å². The third-order valence-corrected chi connectivity index (χ3v) is 5.38. The number of hydrogen-bond donors (Lipinski definition) is 1. The van der Waals surface area contributed by atoms with Gasteiger partial charge in [-0.05, 0) is 57.2 Å². The molecule has 0 saturated heterocycles. The Morgan fingerprint density at radius 2 is 1.64 bits per heavy atom. The first-order valence-electron chi connectivity index (χ1n) is 10.8. The molecule has 4 nitrogen and oxygen atoms in total. The number of allylic oxidation sites excluding steroid dienone is 1. The Kier molecular flexibility index (Phi) is 9.74. The molecule has 0 spiro atoms. The zero-order valence-corrected chi connectivity index (χ0v) is 18.9. The molecule has 0 heterocycles. The van der Waals surface area contributed by atoms with Crippen molar-refractivity contribution in [3.05, 3.63) is 42.0 Å². The number of carbonyl (C=O) groups is 1. The van der Waals surface area contributed by atoms with E-state index >= 15 is 0 Å². The summed E-state index contributed by atoms with van der Waals surface area (Å²) in [7, 11) is 0. The zero-order valence-electron chi connectivity index (χ0n) is 18.9. The standard InChI is InChI=1S/C24H40N2O2/c1-8-14-26(15-9-2,16-10-3)17-18-28-23(27)25-24(6,7)22-13-11-12-21(19-22)20(4)5/h11-13,19H,4,8-10,14-18H2,1-3,5-7H3/p+1. The smallest absolute Gasteiger partial charge is 0.408 e. The van der Waals surface area contributed by atoms with Crippen molar-refractivity contribution in [1.82, 2.24) is 5.32 Å². The number of nitrogens with zero attached hydrogens (tertiary/aromatic N) is 1. The van der Waals surface area contributed by atoms with Gasteiger partial charge in [-0.3, -0.25) is 0 Å². The van der Waals surface area contributed by atoms with Crippen LogP contribution in [0.4, 0.5) is 4.79 Å². The topological polar surface area (TPSA) is 38.3 Å². The van der Waals surface area contributed by atoms with E-state index in [4.69, 9.17) is 4.74 Å². The lowest BCUT2D eigenvalue weighted by atomic mass is 9.92. The van der Waals surface area contributed by atoms with E-state index in [0.29, 0.717) is 6.61 Å². The molecular weight excluding hydrogens is 348 g/mol. The van der Waals surface area contributed by atoms with Crippen molar-refractivity contribution >= 4 is 11.7 Å². The van der Waals surface area contributed by atoms with Crippen LogP contribution in [-0.4, -0.2) is 43.4 Å². The highest BCUT2D eigenvalue weighted by molar-refractivity contribution is 5.69. The van der Waals surface area contributed by atoms with Crippen molar-refractivity contribution < 1.29 is 14.0 Å². The van der Waals surface area contributed by atoms with Crippen LogP contribution in [0.3, 0.4) is 0 Å². The molecule has 0 saturated carbocycles. The normalized spacial score (nSPS) is 11.9. The zero-order chi connectivity index (χ0) is 21.2. The van der Waals surface area contributed by atoms with Crippen molar-refractivity contribution in [2.45, 2.75) is 66.3 Å². The Morgan fingerprint density at radius 1 is 1.07 bits per heavy atom. The average molecular weight is 390 g/mol. The fraction of sp³-hybridized carbons (Fsp3) is 0.625. The second-order valence-electron chi connectivity index (χ2n) is 8.48. The summed E-state index contributed by atoms with van der Waals surface area (Å²) in [5, 5.41) is 3.02. The Hall–Kier alpha value is -1.81. The van der Waals surface area contributed by atoms with Gasteiger partial charge >= 0.3 is 6.09 Å². The number of ether oxygens (including phenoxy) is 1. The minimum Gasteiger partial charge on any atom is -0.444 e. The quantitative estimate of drug-likeness (QED) is 0.464. The first-order chi connectivity index (χ1) is 13.2. The van der Waals surface area contributed by atoms with Gasteiger partial charge in [-0.1, -0.05) is 51.1 Å². The molecule has 1 amide bonds. The van der Waals surface area contributed by atoms with E-state index in [2.05, 4.69) is 38.7 Å². The van der Waals surface area contributed by atoms with Crippen molar-refractivity contribution in [2.24, 2.45) is 0 Å². The van der Waals surface area contributed by atoms with Crippen LogP contribution in [0.15, 0.2) is 30.8 Å². The van der Waals surface area contributed by atoms with E-state index in [9.17, 15) is 4.79 Å². The van der Waals surface area contributed by atoms with Gasteiger partial charge in [0.05, 0.1) is 25.2 Å². The SMILES string of the molecule is C=C(C)c1cccc(C(C)(C)NC(=O)OCC[N+](CCC)(CCC)CCC)c1. The second-order valence-corrected chi connectivity index (χ2v) is 8.48. The van der Waals surface area contributed by atoms with Crippen LogP contribution in [0.1, 0.15) is 71.9 Å². The molecule has 1 rings (SSSR count). The molecule has 1 N–H and O–H groups in total. The molecule has 4 heteroatoms. The lowest BCUT2D eigenvalue weighted by Gasteiger charge is -2.38. The lowest BCUT2D eigenvalue weighted by molar-refractivity contribution is -0.928. The second kappa shape index (κ2) is 11.3. The Labute approximate surface area is 172 Å². The molecule has 0 aliphatic rings. The number of alkyl carbamates (subject to hydrolysis) is 1. The van der Waals surface area contributed by atoms with E-state index in [1.54, 1.807) is 0 Å². The summed E-state index contributed by atoms with van der Waals surface area (Å²) in [6, 6.07) is 8.14. The van der Waals surface area contributed by atoms with Gasteiger partial charge in [-0.15, -0.1) is 0 Å². The third-order valence-electron chi connectivity index (χ3n) is 5.38. The monoisotopic (exact) mass is 389 g/mol. The van der Waals surface area contributed by atoms with Gasteiger partial charge in [-0.2, -0.15) is 0 Å². The molecular formula is C24H41N2O2+. The Balaban J connectivity index is 2.69. The predicted octanol–water partition coefficient (Wildman–Crippen LogP) is 5.73. The maximum atomic E-state index is 12.5. The summed E-state index contributed by atoms with van der Waals surface area (Å²) in [5.74, 6) is 0. The highest BCUT2D eigenvalue weighted by atomic mass is 16.5. The van der Waals surface area contributed by atoms with Gasteiger partial charge in [0.25, 0.3) is 0 Å². The lowest BCUT2D eigenvalue weighted by Crippen LogP contribution is -2.52. The molecule has 0 aromatic heterocycles. The molecule has 0 atom stereocenters. The molecule has 0 unspecified atom stereocenters. The van der Waals surface area contributed by atoms with Crippen LogP contribution in [0.5, 0.6) is 0 Å². The summed E-state index contributed by atoms with van der Waals surface area (Å²) in [4.78, 5) is 12.5. The first-order valence-corrected chi connectivity index (χ1v) is 10.8. The van der Waals surface area contributed by atoms with E-state index in [1.165, 1.54) is 0 Å². The van der Waals surface area contributed by atoms with Crippen LogP contribution in [0.2, 0.25) is 0 Å². The molecule has 158 valence electrons. The van der Waals surface area contributed by atoms with Gasteiger partial charge in [0.15, 0.2) is 0 Å². The molecule has 1 aromatic carbocycles. The molecule has 1 aromatic rings. The van der Waals surface area contributed by atoms with Crippen LogP contribution in [-0.2, 0) is 10.3 Å².